The Bertz CT molecular complexity index is 1030. The molecule has 2 unspecified atom stereocenters. The molecule has 69 heavy (non-hydrogen) atoms. The lowest BCUT2D eigenvalue weighted by Crippen LogP contribution is -2.45. The lowest BCUT2D eigenvalue weighted by molar-refractivity contribution is -0.143. The number of ether oxygens (including phenoxy) is 1. The first-order valence-electron chi connectivity index (χ1n) is 31.4. The van der Waals surface area contributed by atoms with E-state index >= 15 is 0 Å². The number of rotatable bonds is 59. The molecular weight excluding hydrogens is 851 g/mol. The van der Waals surface area contributed by atoms with E-state index in [4.69, 9.17) is 4.74 Å². The highest BCUT2D eigenvalue weighted by Gasteiger charge is 2.20. The van der Waals surface area contributed by atoms with Gasteiger partial charge in [-0.3, -0.25) is 9.59 Å². The van der Waals surface area contributed by atoms with Crippen molar-refractivity contribution in [3.05, 3.63) is 12.2 Å². The van der Waals surface area contributed by atoms with Crippen molar-refractivity contribution in [3.8, 4) is 0 Å². The Labute approximate surface area is 431 Å². The first-order chi connectivity index (χ1) is 34.0. The van der Waals surface area contributed by atoms with Crippen molar-refractivity contribution in [2.24, 2.45) is 0 Å². The molecule has 0 heterocycles. The summed E-state index contributed by atoms with van der Waals surface area (Å²) in [6.45, 7) is 4.97. The zero-order valence-electron chi connectivity index (χ0n) is 46.8. The molecule has 2 atom stereocenters. The topological polar surface area (TPSA) is 95.9 Å². The normalized spacial score (nSPS) is 12.6. The predicted molar refractivity (Wildman–Crippen MR) is 301 cm³/mol. The van der Waals surface area contributed by atoms with Gasteiger partial charge in [0.15, 0.2) is 0 Å². The van der Waals surface area contributed by atoms with E-state index in [1.165, 1.54) is 283 Å². The molecule has 0 bridgehead atoms. The van der Waals surface area contributed by atoms with Gasteiger partial charge in [0.05, 0.1) is 25.4 Å². The number of allylic oxidation sites excluding steroid dienone is 2. The van der Waals surface area contributed by atoms with Crippen molar-refractivity contribution in [3.63, 3.8) is 0 Å². The highest BCUT2D eigenvalue weighted by molar-refractivity contribution is 5.76. The Morgan fingerprint density at radius 3 is 1.03 bits per heavy atom. The third-order valence-corrected chi connectivity index (χ3v) is 14.8. The largest absolute Gasteiger partial charge is 0.466 e. The van der Waals surface area contributed by atoms with Crippen molar-refractivity contribution >= 4 is 11.9 Å². The maximum absolute atomic E-state index is 12.5. The summed E-state index contributed by atoms with van der Waals surface area (Å²) in [5.74, 6) is -0.0214. The Hall–Kier alpha value is -1.40. The Morgan fingerprint density at radius 2 is 0.681 bits per heavy atom. The molecule has 0 aromatic rings. The van der Waals surface area contributed by atoms with Gasteiger partial charge in [-0.2, -0.15) is 0 Å². The number of aliphatic hydroxyl groups is 2. The van der Waals surface area contributed by atoms with Gasteiger partial charge >= 0.3 is 5.97 Å². The maximum Gasteiger partial charge on any atom is 0.305 e. The molecule has 0 radical (unpaired) electrons. The standard InChI is InChI=1S/C63H123NO5/c1-3-5-7-9-11-13-15-16-17-29-32-36-39-43-47-51-55-61(66)60(59-65)64-62(67)56-52-48-44-40-37-33-30-27-25-23-21-19-18-20-22-24-26-28-31-34-38-42-46-50-54-58-69-63(68)57-53-49-45-41-35-14-12-10-8-6-4-2/h19,21,60-61,65-66H,3-18,20,22-59H2,1-2H3,(H,64,67)/b21-19-. The van der Waals surface area contributed by atoms with E-state index in [2.05, 4.69) is 31.3 Å². The van der Waals surface area contributed by atoms with Crippen molar-refractivity contribution in [2.45, 2.75) is 366 Å². The average Bonchev–Trinajstić information content (AvgIpc) is 3.35. The molecule has 410 valence electrons. The summed E-state index contributed by atoms with van der Waals surface area (Å²) in [5.41, 5.74) is 0. The van der Waals surface area contributed by atoms with Crippen LogP contribution >= 0.6 is 0 Å². The summed E-state index contributed by atoms with van der Waals surface area (Å²) >= 11 is 0. The number of hydrogen-bond donors (Lipinski definition) is 3. The van der Waals surface area contributed by atoms with Crippen molar-refractivity contribution in [1.29, 1.82) is 0 Å². The minimum absolute atomic E-state index is 0.0138. The number of nitrogens with one attached hydrogen (secondary N) is 1. The molecule has 6 heteroatoms. The van der Waals surface area contributed by atoms with E-state index in [1.54, 1.807) is 0 Å². The van der Waals surface area contributed by atoms with Gasteiger partial charge in [-0.15, -0.1) is 0 Å². The summed E-state index contributed by atoms with van der Waals surface area (Å²) in [4.78, 5) is 24.5. The van der Waals surface area contributed by atoms with Gasteiger partial charge in [0.2, 0.25) is 5.91 Å². The van der Waals surface area contributed by atoms with Gasteiger partial charge in [-0.05, 0) is 51.4 Å². The monoisotopic (exact) mass is 974 g/mol. The molecule has 0 aliphatic carbocycles. The minimum atomic E-state index is -0.665. The molecule has 1 amide bonds. The zero-order valence-corrected chi connectivity index (χ0v) is 46.8. The van der Waals surface area contributed by atoms with Gasteiger partial charge in [0.25, 0.3) is 0 Å². The van der Waals surface area contributed by atoms with Gasteiger partial charge in [0.1, 0.15) is 0 Å². The first kappa shape index (κ1) is 67.6. The van der Waals surface area contributed by atoms with E-state index < -0.39 is 12.1 Å². The van der Waals surface area contributed by atoms with Crippen LogP contribution in [0.25, 0.3) is 0 Å². The van der Waals surface area contributed by atoms with Crippen LogP contribution in [-0.4, -0.2) is 47.4 Å². The second-order valence-corrected chi connectivity index (χ2v) is 21.7. The quantitative estimate of drug-likeness (QED) is 0.0321. The second kappa shape index (κ2) is 59.2. The summed E-state index contributed by atoms with van der Waals surface area (Å²) in [7, 11) is 0. The van der Waals surface area contributed by atoms with E-state index in [1.807, 2.05) is 0 Å². The Kier molecular flexibility index (Phi) is 58.0. The second-order valence-electron chi connectivity index (χ2n) is 21.7. The van der Waals surface area contributed by atoms with Crippen LogP contribution in [-0.2, 0) is 14.3 Å². The Morgan fingerprint density at radius 1 is 0.391 bits per heavy atom. The molecule has 0 aliphatic rings. The van der Waals surface area contributed by atoms with E-state index in [0.717, 1.165) is 38.5 Å². The van der Waals surface area contributed by atoms with Crippen molar-refractivity contribution < 1.29 is 24.5 Å². The third kappa shape index (κ3) is 55.8. The summed E-state index contributed by atoms with van der Waals surface area (Å²) < 4.78 is 5.47. The molecule has 0 rings (SSSR count). The SMILES string of the molecule is CCCCCCCCCCCCCCCCCCC(O)C(CO)NC(=O)CCCCCCCCCCC/C=C\CCCCCCCCCCCCCCOC(=O)CCCCCCCCCCCCC. The number of carbonyl (C=O) groups excluding carboxylic acids is 2. The maximum atomic E-state index is 12.5. The molecule has 0 saturated carbocycles. The number of unbranched alkanes of at least 4 members (excludes halogenated alkanes) is 46. The fraction of sp³-hybridized carbons (Fsp3) is 0.937. The number of aliphatic hydroxyl groups excluding tert-OH is 2. The average molecular weight is 975 g/mol. The zero-order chi connectivity index (χ0) is 50.0. The highest BCUT2D eigenvalue weighted by Crippen LogP contribution is 2.18. The smallest absolute Gasteiger partial charge is 0.305 e. The molecule has 0 aliphatic heterocycles. The van der Waals surface area contributed by atoms with E-state index in [9.17, 15) is 19.8 Å². The van der Waals surface area contributed by atoms with Crippen LogP contribution in [0.5, 0.6) is 0 Å². The fourth-order valence-corrected chi connectivity index (χ4v) is 9.99. The van der Waals surface area contributed by atoms with Crippen LogP contribution in [0, 0.1) is 0 Å². The molecular formula is C63H123NO5. The van der Waals surface area contributed by atoms with Crippen molar-refractivity contribution in [2.75, 3.05) is 13.2 Å². The molecule has 0 spiro atoms. The third-order valence-electron chi connectivity index (χ3n) is 14.8. The van der Waals surface area contributed by atoms with Gasteiger partial charge in [0, 0.05) is 12.8 Å². The fourth-order valence-electron chi connectivity index (χ4n) is 9.99. The van der Waals surface area contributed by atoms with Crippen LogP contribution in [0.1, 0.15) is 354 Å². The van der Waals surface area contributed by atoms with Crippen molar-refractivity contribution in [1.82, 2.24) is 5.32 Å². The minimum Gasteiger partial charge on any atom is -0.466 e. The van der Waals surface area contributed by atoms with Gasteiger partial charge in [-0.25, -0.2) is 0 Å². The molecule has 0 fully saturated rings. The number of amides is 1. The number of esters is 1. The highest BCUT2D eigenvalue weighted by atomic mass is 16.5. The molecule has 0 aromatic carbocycles. The van der Waals surface area contributed by atoms with Crippen LogP contribution in [0.4, 0.5) is 0 Å². The van der Waals surface area contributed by atoms with Gasteiger partial charge in [-0.1, -0.05) is 302 Å². The first-order valence-corrected chi connectivity index (χ1v) is 31.4. The summed E-state index contributed by atoms with van der Waals surface area (Å²) in [6, 6.07) is -0.543. The predicted octanol–water partition coefficient (Wildman–Crippen LogP) is 19.6. The Balaban J connectivity index is 3.39. The molecule has 6 nitrogen and oxygen atoms in total. The van der Waals surface area contributed by atoms with Crippen LogP contribution in [0.15, 0.2) is 12.2 Å². The van der Waals surface area contributed by atoms with Gasteiger partial charge < -0.3 is 20.3 Å². The molecule has 3 N–H and O–H groups in total. The summed E-state index contributed by atoms with van der Waals surface area (Å²) in [5, 5.41) is 23.3. The molecule has 0 aromatic heterocycles. The van der Waals surface area contributed by atoms with Crippen LogP contribution in [0.2, 0.25) is 0 Å². The number of carbonyl (C=O) groups is 2. The lowest BCUT2D eigenvalue weighted by Gasteiger charge is -2.22. The van der Waals surface area contributed by atoms with E-state index in [0.29, 0.717) is 25.9 Å². The van der Waals surface area contributed by atoms with E-state index in [-0.39, 0.29) is 18.5 Å². The number of hydrogen-bond acceptors (Lipinski definition) is 5. The van der Waals surface area contributed by atoms with Crippen LogP contribution < -0.4 is 5.32 Å². The molecule has 0 saturated heterocycles. The lowest BCUT2D eigenvalue weighted by atomic mass is 10.0. The summed E-state index contributed by atoms with van der Waals surface area (Å²) in [6.07, 6.45) is 70.8. The van der Waals surface area contributed by atoms with Crippen LogP contribution in [0.3, 0.4) is 0 Å².